The molecule has 0 saturated carbocycles. The predicted octanol–water partition coefficient (Wildman–Crippen LogP) is 1.95. The molecular weight excluding hydrogens is 196 g/mol. The van der Waals surface area contributed by atoms with Gasteiger partial charge in [0.15, 0.2) is 0 Å². The zero-order chi connectivity index (χ0) is 8.72. The number of fused-ring (bicyclic) bond motifs is 1. The standard InChI is InChI=1S/C7H5ClN2OS/c1-3-9-6(11)4-2-5(8)12-7(4)10-3/h2H,1H3,(H,9,10,11). The van der Waals surface area contributed by atoms with E-state index in [1.165, 1.54) is 11.3 Å². The van der Waals surface area contributed by atoms with E-state index in [-0.39, 0.29) is 5.56 Å². The van der Waals surface area contributed by atoms with Crippen LogP contribution in [-0.2, 0) is 0 Å². The smallest absolute Gasteiger partial charge is 0.259 e. The second kappa shape index (κ2) is 2.57. The summed E-state index contributed by atoms with van der Waals surface area (Å²) in [5.41, 5.74) is -0.124. The van der Waals surface area contributed by atoms with Gasteiger partial charge in [0.05, 0.1) is 9.72 Å². The number of thiophene rings is 1. The molecule has 0 aliphatic rings. The number of rotatable bonds is 0. The normalized spacial score (nSPS) is 10.8. The van der Waals surface area contributed by atoms with Crippen molar-refractivity contribution < 1.29 is 0 Å². The van der Waals surface area contributed by atoms with Crippen LogP contribution in [0, 0.1) is 6.92 Å². The van der Waals surface area contributed by atoms with Crippen molar-refractivity contribution in [2.75, 3.05) is 0 Å². The van der Waals surface area contributed by atoms with Crippen LogP contribution in [0.1, 0.15) is 5.82 Å². The van der Waals surface area contributed by atoms with Gasteiger partial charge in [-0.05, 0) is 13.0 Å². The Kier molecular flexibility index (Phi) is 1.66. The number of aryl methyl sites for hydroxylation is 1. The number of nitrogens with zero attached hydrogens (tertiary/aromatic N) is 1. The number of hydrogen-bond donors (Lipinski definition) is 1. The molecule has 2 aromatic rings. The van der Waals surface area contributed by atoms with Crippen molar-refractivity contribution in [1.82, 2.24) is 9.97 Å². The third-order valence-electron chi connectivity index (χ3n) is 1.49. The number of H-pyrrole nitrogens is 1. The lowest BCUT2D eigenvalue weighted by Gasteiger charge is -1.89. The first-order valence-corrected chi connectivity index (χ1v) is 4.52. The number of halogens is 1. The maximum Gasteiger partial charge on any atom is 0.259 e. The summed E-state index contributed by atoms with van der Waals surface area (Å²) < 4.78 is 0.591. The van der Waals surface area contributed by atoms with Gasteiger partial charge in [-0.15, -0.1) is 11.3 Å². The number of aromatic nitrogens is 2. The van der Waals surface area contributed by atoms with Crippen LogP contribution >= 0.6 is 22.9 Å². The number of aromatic amines is 1. The largest absolute Gasteiger partial charge is 0.310 e. The molecule has 5 heteroatoms. The summed E-state index contributed by atoms with van der Waals surface area (Å²) in [5, 5.41) is 0.565. The highest BCUT2D eigenvalue weighted by Crippen LogP contribution is 2.24. The molecule has 0 saturated heterocycles. The van der Waals surface area contributed by atoms with Crippen LogP contribution in [0.25, 0.3) is 10.2 Å². The Morgan fingerprint density at radius 1 is 1.67 bits per heavy atom. The van der Waals surface area contributed by atoms with E-state index < -0.39 is 0 Å². The maximum atomic E-state index is 11.3. The van der Waals surface area contributed by atoms with Crippen LogP contribution < -0.4 is 5.56 Å². The van der Waals surface area contributed by atoms with E-state index in [9.17, 15) is 4.79 Å². The van der Waals surface area contributed by atoms with Crippen LogP contribution in [0.4, 0.5) is 0 Å². The minimum absolute atomic E-state index is 0.124. The van der Waals surface area contributed by atoms with Gasteiger partial charge in [0.25, 0.3) is 5.56 Å². The Hall–Kier alpha value is -0.870. The van der Waals surface area contributed by atoms with Crippen molar-refractivity contribution >= 4 is 33.2 Å². The molecule has 0 aromatic carbocycles. The Morgan fingerprint density at radius 2 is 2.42 bits per heavy atom. The molecule has 62 valence electrons. The van der Waals surface area contributed by atoms with Crippen LogP contribution in [0.2, 0.25) is 4.34 Å². The number of hydrogen-bond acceptors (Lipinski definition) is 3. The van der Waals surface area contributed by atoms with Gasteiger partial charge < -0.3 is 4.98 Å². The first kappa shape index (κ1) is 7.76. The zero-order valence-electron chi connectivity index (χ0n) is 6.22. The van der Waals surface area contributed by atoms with E-state index in [4.69, 9.17) is 11.6 Å². The average Bonchev–Trinajstić information content (AvgIpc) is 2.29. The summed E-state index contributed by atoms with van der Waals surface area (Å²) in [7, 11) is 0. The molecule has 0 atom stereocenters. The molecule has 1 N–H and O–H groups in total. The zero-order valence-corrected chi connectivity index (χ0v) is 7.79. The molecule has 2 heterocycles. The van der Waals surface area contributed by atoms with Crippen molar-refractivity contribution in [3.63, 3.8) is 0 Å². The van der Waals surface area contributed by atoms with Crippen LogP contribution in [0.3, 0.4) is 0 Å². The topological polar surface area (TPSA) is 45.8 Å². The molecule has 0 radical (unpaired) electrons. The van der Waals surface area contributed by atoms with Gasteiger partial charge in [-0.2, -0.15) is 0 Å². The SMILES string of the molecule is Cc1nc2sc(Cl)cc2c(=O)[nH]1. The van der Waals surface area contributed by atoms with Gasteiger partial charge in [-0.25, -0.2) is 4.98 Å². The van der Waals surface area contributed by atoms with Crippen LogP contribution in [-0.4, -0.2) is 9.97 Å². The first-order chi connectivity index (χ1) is 5.66. The molecule has 0 aliphatic carbocycles. The monoisotopic (exact) mass is 200 g/mol. The molecule has 0 aliphatic heterocycles. The summed E-state index contributed by atoms with van der Waals surface area (Å²) >= 11 is 7.05. The van der Waals surface area contributed by atoms with Gasteiger partial charge >= 0.3 is 0 Å². The second-order valence-electron chi connectivity index (χ2n) is 2.42. The van der Waals surface area contributed by atoms with Crippen LogP contribution in [0.15, 0.2) is 10.9 Å². The van der Waals surface area contributed by atoms with Gasteiger partial charge in [0.2, 0.25) is 0 Å². The van der Waals surface area contributed by atoms with Crippen molar-refractivity contribution in [2.24, 2.45) is 0 Å². The third kappa shape index (κ3) is 1.13. The molecule has 12 heavy (non-hydrogen) atoms. The Morgan fingerprint density at radius 3 is 3.17 bits per heavy atom. The quantitative estimate of drug-likeness (QED) is 0.707. The highest BCUT2D eigenvalue weighted by Gasteiger charge is 2.04. The molecule has 0 bridgehead atoms. The third-order valence-corrected chi connectivity index (χ3v) is 2.65. The fourth-order valence-electron chi connectivity index (χ4n) is 1.01. The van der Waals surface area contributed by atoms with E-state index in [0.717, 1.165) is 0 Å². The number of nitrogens with one attached hydrogen (secondary N) is 1. The minimum atomic E-state index is -0.124. The summed E-state index contributed by atoms with van der Waals surface area (Å²) in [6, 6.07) is 1.63. The van der Waals surface area contributed by atoms with E-state index >= 15 is 0 Å². The predicted molar refractivity (Wildman–Crippen MR) is 50.0 cm³/mol. The Bertz CT molecular complexity index is 488. The summed E-state index contributed by atoms with van der Waals surface area (Å²) in [4.78, 5) is 18.7. The Labute approximate surface area is 77.0 Å². The highest BCUT2D eigenvalue weighted by molar-refractivity contribution is 7.22. The van der Waals surface area contributed by atoms with Gasteiger partial charge in [0, 0.05) is 0 Å². The first-order valence-electron chi connectivity index (χ1n) is 3.33. The lowest BCUT2D eigenvalue weighted by molar-refractivity contribution is 1.07. The Balaban J connectivity index is 2.98. The van der Waals surface area contributed by atoms with E-state index in [1.807, 2.05) is 0 Å². The summed E-state index contributed by atoms with van der Waals surface area (Å²) in [6.07, 6.45) is 0. The minimum Gasteiger partial charge on any atom is -0.310 e. The molecule has 2 rings (SSSR count). The lowest BCUT2D eigenvalue weighted by Crippen LogP contribution is -2.07. The fraction of sp³-hybridized carbons (Fsp3) is 0.143. The molecular formula is C7H5ClN2OS. The molecule has 0 spiro atoms. The van der Waals surface area contributed by atoms with Crippen LogP contribution in [0.5, 0.6) is 0 Å². The molecule has 2 aromatic heterocycles. The molecule has 0 fully saturated rings. The van der Waals surface area contributed by atoms with E-state index in [1.54, 1.807) is 13.0 Å². The molecule has 0 amide bonds. The highest BCUT2D eigenvalue weighted by atomic mass is 35.5. The average molecular weight is 201 g/mol. The summed E-state index contributed by atoms with van der Waals surface area (Å²) in [5.74, 6) is 0.617. The van der Waals surface area contributed by atoms with E-state index in [0.29, 0.717) is 20.4 Å². The van der Waals surface area contributed by atoms with Crippen molar-refractivity contribution in [1.29, 1.82) is 0 Å². The molecule has 0 unspecified atom stereocenters. The van der Waals surface area contributed by atoms with Gasteiger partial charge in [0.1, 0.15) is 10.7 Å². The second-order valence-corrected chi connectivity index (χ2v) is 4.08. The fourth-order valence-corrected chi connectivity index (χ4v) is 2.14. The van der Waals surface area contributed by atoms with Crippen molar-refractivity contribution in [2.45, 2.75) is 6.92 Å². The van der Waals surface area contributed by atoms with Crippen molar-refractivity contribution in [3.8, 4) is 0 Å². The maximum absolute atomic E-state index is 11.3. The van der Waals surface area contributed by atoms with Crippen molar-refractivity contribution in [3.05, 3.63) is 26.6 Å². The molecule has 3 nitrogen and oxygen atoms in total. The lowest BCUT2D eigenvalue weighted by atomic mass is 10.4. The van der Waals surface area contributed by atoms with Gasteiger partial charge in [-0.3, -0.25) is 4.79 Å². The van der Waals surface area contributed by atoms with E-state index in [2.05, 4.69) is 9.97 Å². The summed E-state index contributed by atoms with van der Waals surface area (Å²) in [6.45, 7) is 1.74. The van der Waals surface area contributed by atoms with Gasteiger partial charge in [-0.1, -0.05) is 11.6 Å².